The summed E-state index contributed by atoms with van der Waals surface area (Å²) in [4.78, 5) is 11.1. The normalized spacial score (nSPS) is 31.4. The average Bonchev–Trinajstić information content (AvgIpc) is 2.10. The minimum absolute atomic E-state index is 0.130. The molecule has 2 nitrogen and oxygen atoms in total. The molecule has 1 rings (SSSR count). The van der Waals surface area contributed by atoms with Gasteiger partial charge in [0.15, 0.2) is 0 Å². The fraction of sp³-hybridized carbons (Fsp3) is 0.364. The summed E-state index contributed by atoms with van der Waals surface area (Å²) >= 11 is 0. The topological polar surface area (TPSA) is 29.1 Å². The molecule has 0 aromatic carbocycles. The lowest BCUT2D eigenvalue weighted by Crippen LogP contribution is -2.48. The van der Waals surface area contributed by atoms with Crippen LogP contribution in [0.4, 0.5) is 0 Å². The molecule has 1 aliphatic carbocycles. The van der Waals surface area contributed by atoms with Crippen molar-refractivity contribution >= 4 is 5.91 Å². The van der Waals surface area contributed by atoms with Crippen LogP contribution in [-0.2, 0) is 4.79 Å². The van der Waals surface area contributed by atoms with Gasteiger partial charge in [0.2, 0.25) is 5.91 Å². The van der Waals surface area contributed by atoms with Crippen molar-refractivity contribution in [1.29, 1.82) is 0 Å². The zero-order valence-electron chi connectivity index (χ0n) is 8.08. The van der Waals surface area contributed by atoms with Crippen LogP contribution in [0.1, 0.15) is 13.8 Å². The third-order valence-electron chi connectivity index (χ3n) is 2.48. The monoisotopic (exact) mass is 177 g/mol. The summed E-state index contributed by atoms with van der Waals surface area (Å²) in [5.41, 5.74) is -0.278. The first-order chi connectivity index (χ1) is 6.08. The van der Waals surface area contributed by atoms with Crippen LogP contribution in [0, 0.1) is 5.92 Å². The van der Waals surface area contributed by atoms with Crippen molar-refractivity contribution in [3.8, 4) is 0 Å². The van der Waals surface area contributed by atoms with Gasteiger partial charge in [-0.25, -0.2) is 0 Å². The van der Waals surface area contributed by atoms with E-state index < -0.39 is 0 Å². The summed E-state index contributed by atoms with van der Waals surface area (Å²) in [6.45, 7) is 7.50. The van der Waals surface area contributed by atoms with Gasteiger partial charge in [0.25, 0.3) is 0 Å². The highest BCUT2D eigenvalue weighted by Crippen LogP contribution is 2.23. The van der Waals surface area contributed by atoms with E-state index in [1.807, 2.05) is 25.2 Å². The molecule has 0 spiro atoms. The lowest BCUT2D eigenvalue weighted by atomic mass is 9.83. The predicted molar refractivity (Wildman–Crippen MR) is 54.2 cm³/mol. The molecule has 1 amide bonds. The maximum absolute atomic E-state index is 11.1. The Kier molecular flexibility index (Phi) is 2.71. The van der Waals surface area contributed by atoms with Crippen LogP contribution in [0.2, 0.25) is 0 Å². The minimum atomic E-state index is -0.278. The molecule has 1 N–H and O–H groups in total. The van der Waals surface area contributed by atoms with Gasteiger partial charge in [-0.3, -0.25) is 4.79 Å². The minimum Gasteiger partial charge on any atom is -0.343 e. The number of rotatable bonds is 2. The first-order valence-electron chi connectivity index (χ1n) is 4.39. The molecule has 0 radical (unpaired) electrons. The van der Waals surface area contributed by atoms with Gasteiger partial charge in [0.05, 0.1) is 5.54 Å². The molecule has 0 saturated heterocycles. The molecule has 13 heavy (non-hydrogen) atoms. The highest BCUT2D eigenvalue weighted by atomic mass is 16.1. The quantitative estimate of drug-likeness (QED) is 0.640. The summed E-state index contributed by atoms with van der Waals surface area (Å²) in [7, 11) is 0. The Hall–Kier alpha value is -1.31. The fourth-order valence-electron chi connectivity index (χ4n) is 1.31. The van der Waals surface area contributed by atoms with Crippen LogP contribution in [0.15, 0.2) is 37.0 Å². The second-order valence-electron chi connectivity index (χ2n) is 3.51. The van der Waals surface area contributed by atoms with Crippen LogP contribution in [-0.4, -0.2) is 11.4 Å². The predicted octanol–water partition coefficient (Wildman–Crippen LogP) is 1.81. The molecule has 1 aliphatic rings. The largest absolute Gasteiger partial charge is 0.343 e. The summed E-state index contributed by atoms with van der Waals surface area (Å²) in [6.07, 6.45) is 9.31. The maximum atomic E-state index is 11.1. The van der Waals surface area contributed by atoms with E-state index in [1.165, 1.54) is 6.08 Å². The third-order valence-corrected chi connectivity index (χ3v) is 2.48. The van der Waals surface area contributed by atoms with Gasteiger partial charge in [0.1, 0.15) is 0 Å². The van der Waals surface area contributed by atoms with Gasteiger partial charge in [-0.05, 0) is 13.0 Å². The summed E-state index contributed by atoms with van der Waals surface area (Å²) in [5.74, 6) is 0.177. The molecular weight excluding hydrogens is 162 g/mol. The average molecular weight is 177 g/mol. The van der Waals surface area contributed by atoms with Crippen molar-refractivity contribution < 1.29 is 4.79 Å². The second-order valence-corrected chi connectivity index (χ2v) is 3.51. The van der Waals surface area contributed by atoms with E-state index in [1.54, 1.807) is 0 Å². The van der Waals surface area contributed by atoms with Gasteiger partial charge >= 0.3 is 0 Å². The summed E-state index contributed by atoms with van der Waals surface area (Å²) in [5, 5.41) is 2.90. The van der Waals surface area contributed by atoms with Gasteiger partial charge in [-0.2, -0.15) is 0 Å². The van der Waals surface area contributed by atoms with E-state index >= 15 is 0 Å². The zero-order chi connectivity index (χ0) is 9.90. The molecule has 0 aromatic rings. The van der Waals surface area contributed by atoms with Crippen LogP contribution < -0.4 is 5.32 Å². The van der Waals surface area contributed by atoms with Crippen molar-refractivity contribution in [2.75, 3.05) is 0 Å². The second kappa shape index (κ2) is 3.60. The standard InChI is InChI=1S/C11H15NO/c1-4-10(13)12-11(3)8-6-5-7-9(11)2/h4-9H,1H2,2-3H3,(H,12,13). The van der Waals surface area contributed by atoms with E-state index in [2.05, 4.69) is 24.9 Å². The Labute approximate surface area is 79.0 Å². The van der Waals surface area contributed by atoms with Crippen molar-refractivity contribution in [2.24, 2.45) is 5.92 Å². The number of hydrogen-bond acceptors (Lipinski definition) is 1. The Bertz CT molecular complexity index is 278. The van der Waals surface area contributed by atoms with Crippen molar-refractivity contribution in [3.05, 3.63) is 37.0 Å². The van der Waals surface area contributed by atoms with Crippen molar-refractivity contribution in [3.63, 3.8) is 0 Å². The number of allylic oxidation sites excluding steroid dienone is 2. The molecule has 0 aliphatic heterocycles. The third kappa shape index (κ3) is 2.08. The first kappa shape index (κ1) is 9.78. The van der Waals surface area contributed by atoms with E-state index in [0.717, 1.165) is 0 Å². The number of amides is 1. The molecule has 0 fully saturated rings. The highest BCUT2D eigenvalue weighted by molar-refractivity contribution is 5.87. The Morgan fingerprint density at radius 3 is 2.85 bits per heavy atom. The molecule has 0 bridgehead atoms. The molecule has 2 atom stereocenters. The number of hydrogen-bond donors (Lipinski definition) is 1. The molecular formula is C11H15NO. The summed E-state index contributed by atoms with van der Waals surface area (Å²) in [6, 6.07) is 0. The highest BCUT2D eigenvalue weighted by Gasteiger charge is 2.28. The van der Waals surface area contributed by atoms with Crippen molar-refractivity contribution in [1.82, 2.24) is 5.32 Å². The van der Waals surface area contributed by atoms with Crippen LogP contribution in [0.5, 0.6) is 0 Å². The van der Waals surface area contributed by atoms with Crippen LogP contribution in [0.25, 0.3) is 0 Å². The lowest BCUT2D eigenvalue weighted by molar-refractivity contribution is -0.118. The Morgan fingerprint density at radius 2 is 2.31 bits per heavy atom. The van der Waals surface area contributed by atoms with E-state index in [-0.39, 0.29) is 11.4 Å². The van der Waals surface area contributed by atoms with Gasteiger partial charge in [-0.1, -0.05) is 37.8 Å². The molecule has 2 heteroatoms. The van der Waals surface area contributed by atoms with Crippen LogP contribution in [0.3, 0.4) is 0 Å². The van der Waals surface area contributed by atoms with E-state index in [9.17, 15) is 4.79 Å². The Balaban J connectivity index is 2.75. The SMILES string of the molecule is C=CC(=O)NC1(C)C=CC=CC1C. The molecule has 0 saturated carbocycles. The van der Waals surface area contributed by atoms with Gasteiger partial charge in [-0.15, -0.1) is 0 Å². The van der Waals surface area contributed by atoms with E-state index in [0.29, 0.717) is 5.92 Å². The molecule has 0 aromatic heterocycles. The first-order valence-corrected chi connectivity index (χ1v) is 4.39. The summed E-state index contributed by atoms with van der Waals surface area (Å²) < 4.78 is 0. The number of carbonyl (C=O) groups excluding carboxylic acids is 1. The maximum Gasteiger partial charge on any atom is 0.244 e. The molecule has 0 heterocycles. The molecule has 2 unspecified atom stereocenters. The molecule has 70 valence electrons. The van der Waals surface area contributed by atoms with Crippen molar-refractivity contribution in [2.45, 2.75) is 19.4 Å². The fourth-order valence-corrected chi connectivity index (χ4v) is 1.31. The van der Waals surface area contributed by atoms with Gasteiger partial charge < -0.3 is 5.32 Å². The van der Waals surface area contributed by atoms with Gasteiger partial charge in [0, 0.05) is 5.92 Å². The Morgan fingerprint density at radius 1 is 1.62 bits per heavy atom. The lowest BCUT2D eigenvalue weighted by Gasteiger charge is -2.33. The number of carbonyl (C=O) groups is 1. The van der Waals surface area contributed by atoms with Crippen LogP contribution >= 0.6 is 0 Å². The van der Waals surface area contributed by atoms with E-state index in [4.69, 9.17) is 0 Å². The zero-order valence-corrected chi connectivity index (χ0v) is 8.08. The smallest absolute Gasteiger partial charge is 0.244 e. The number of nitrogens with one attached hydrogen (secondary N) is 1.